The van der Waals surface area contributed by atoms with Crippen LogP contribution in [0.3, 0.4) is 0 Å². The molecule has 0 spiro atoms. The van der Waals surface area contributed by atoms with Gasteiger partial charge in [-0.3, -0.25) is 19.2 Å². The number of hydrogen-bond acceptors (Lipinski definition) is 12. The van der Waals surface area contributed by atoms with Gasteiger partial charge >= 0.3 is 0 Å². The molecule has 0 aliphatic heterocycles. The first-order valence-corrected chi connectivity index (χ1v) is 16.6. The first kappa shape index (κ1) is 44.9. The summed E-state index contributed by atoms with van der Waals surface area (Å²) in [6, 6.07) is 16.4. The molecule has 0 saturated carbocycles. The Morgan fingerprint density at radius 2 is 0.537 bits per heavy atom. The van der Waals surface area contributed by atoms with Crippen LogP contribution in [0, 0.1) is 0 Å². The molecule has 0 amide bonds. The van der Waals surface area contributed by atoms with Crippen molar-refractivity contribution >= 4 is 47.4 Å². The molecule has 0 saturated heterocycles. The van der Waals surface area contributed by atoms with Gasteiger partial charge in [-0.25, -0.2) is 0 Å². The average molecular weight is 741 g/mol. The number of phenolic OH excluding ortho intramolecular Hbond substituents is 8. The number of ketones is 4. The van der Waals surface area contributed by atoms with Crippen molar-refractivity contribution in [3.05, 3.63) is 119 Å². The van der Waals surface area contributed by atoms with Gasteiger partial charge in [0.25, 0.3) is 0 Å². The monoisotopic (exact) mass is 740 g/mol. The molecule has 0 unspecified atom stereocenters. The molecular weight excluding hydrogens is 696 g/mol. The molecule has 0 bridgehead atoms. The van der Waals surface area contributed by atoms with E-state index in [1.807, 2.05) is 27.7 Å². The molecule has 12 nitrogen and oxygen atoms in total. The second-order valence-corrected chi connectivity index (χ2v) is 10.5. The summed E-state index contributed by atoms with van der Waals surface area (Å²) >= 11 is 0. The lowest BCUT2D eigenvalue weighted by Crippen LogP contribution is -2.01. The van der Waals surface area contributed by atoms with Crippen LogP contribution >= 0.6 is 0 Å². The van der Waals surface area contributed by atoms with Gasteiger partial charge in [0, 0.05) is 0 Å². The summed E-state index contributed by atoms with van der Waals surface area (Å²) in [5.74, 6) is -3.92. The summed E-state index contributed by atoms with van der Waals surface area (Å²) in [6.07, 6.45) is 9.89. The highest BCUT2D eigenvalue weighted by Crippen LogP contribution is 2.28. The summed E-state index contributed by atoms with van der Waals surface area (Å²) in [5.41, 5.74) is 2.02. The molecule has 0 atom stereocenters. The molecule has 54 heavy (non-hydrogen) atoms. The Kier molecular flexibility index (Phi) is 19.5. The van der Waals surface area contributed by atoms with E-state index in [1.54, 1.807) is 0 Å². The molecule has 4 aromatic rings. The van der Waals surface area contributed by atoms with E-state index in [0.29, 0.717) is 22.3 Å². The lowest BCUT2D eigenvalue weighted by Gasteiger charge is -1.99. The molecule has 4 aromatic carbocycles. The van der Waals surface area contributed by atoms with Crippen molar-refractivity contribution in [2.75, 3.05) is 0 Å². The summed E-state index contributed by atoms with van der Waals surface area (Å²) in [5, 5.41) is 74.3. The maximum atomic E-state index is 11.8. The van der Waals surface area contributed by atoms with Crippen LogP contribution < -0.4 is 0 Å². The lowest BCUT2D eigenvalue weighted by molar-refractivity contribution is -0.123. The van der Waals surface area contributed by atoms with Gasteiger partial charge < -0.3 is 40.9 Å². The zero-order chi connectivity index (χ0) is 40.8. The fourth-order valence-corrected chi connectivity index (χ4v) is 3.91. The molecule has 4 rings (SSSR count). The summed E-state index contributed by atoms with van der Waals surface area (Å²) in [7, 11) is 0. The molecule has 12 heteroatoms. The molecule has 0 radical (unpaired) electrons. The van der Waals surface area contributed by atoms with E-state index in [4.69, 9.17) is 0 Å². The van der Waals surface area contributed by atoms with Gasteiger partial charge in [0.15, 0.2) is 69.1 Å². The van der Waals surface area contributed by atoms with E-state index >= 15 is 0 Å². The van der Waals surface area contributed by atoms with Crippen molar-refractivity contribution < 1.29 is 60.0 Å². The van der Waals surface area contributed by atoms with E-state index in [-0.39, 0.29) is 58.8 Å². The van der Waals surface area contributed by atoms with Crippen molar-refractivity contribution in [3.63, 3.8) is 0 Å². The number of hydrogen-bond donors (Lipinski definition) is 8. The number of benzene rings is 4. The molecule has 0 aromatic heterocycles. The standard InChI is InChI=1S/2C19H16O6.2C2H6/c2*20-14(5-1-12-3-7-16(22)18(24)9-12)11-15(21)6-2-13-4-8-17(23)19(25)10-13;2*1-2/h2*1-10,22-25H,11H2;2*1-2H3/b2*5-1+,6-2+;;. The second-order valence-electron chi connectivity index (χ2n) is 10.5. The minimum Gasteiger partial charge on any atom is -0.504 e. The number of allylic oxidation sites excluding steroid dienone is 4. The van der Waals surface area contributed by atoms with Crippen LogP contribution in [-0.2, 0) is 19.2 Å². The van der Waals surface area contributed by atoms with E-state index in [2.05, 4.69) is 0 Å². The van der Waals surface area contributed by atoms with Gasteiger partial charge in [-0.2, -0.15) is 0 Å². The van der Waals surface area contributed by atoms with Crippen LogP contribution in [0.1, 0.15) is 62.8 Å². The van der Waals surface area contributed by atoms with E-state index < -0.39 is 23.1 Å². The molecule has 284 valence electrons. The molecule has 0 fully saturated rings. The van der Waals surface area contributed by atoms with Crippen LogP contribution in [0.5, 0.6) is 46.0 Å². The Balaban J connectivity index is 0.000000495. The fourth-order valence-electron chi connectivity index (χ4n) is 3.91. The maximum absolute atomic E-state index is 11.8. The molecule has 8 N–H and O–H groups in total. The summed E-state index contributed by atoms with van der Waals surface area (Å²) < 4.78 is 0. The second kappa shape index (κ2) is 23.4. The SMILES string of the molecule is CC.CC.O=C(/C=C/c1ccc(O)c(O)c1)CC(=O)/C=C/c1ccc(O)c(O)c1.O=C(/C=C/c1ccc(O)c(O)c1)CC(=O)/C=C/c1ccc(O)c(O)c1. The van der Waals surface area contributed by atoms with Crippen LogP contribution in [0.25, 0.3) is 24.3 Å². The van der Waals surface area contributed by atoms with Gasteiger partial charge in [-0.15, -0.1) is 0 Å². The van der Waals surface area contributed by atoms with E-state index in [1.165, 1.54) is 121 Å². The lowest BCUT2D eigenvalue weighted by atomic mass is 10.1. The van der Waals surface area contributed by atoms with E-state index in [9.17, 15) is 60.0 Å². The van der Waals surface area contributed by atoms with Crippen molar-refractivity contribution in [2.24, 2.45) is 0 Å². The van der Waals surface area contributed by atoms with Crippen LogP contribution in [0.4, 0.5) is 0 Å². The van der Waals surface area contributed by atoms with Crippen molar-refractivity contribution in [2.45, 2.75) is 40.5 Å². The zero-order valence-electron chi connectivity index (χ0n) is 30.2. The van der Waals surface area contributed by atoms with Gasteiger partial charge in [0.05, 0.1) is 12.8 Å². The third kappa shape index (κ3) is 16.3. The first-order chi connectivity index (χ1) is 25.7. The zero-order valence-corrected chi connectivity index (χ0v) is 30.2. The normalized spacial score (nSPS) is 10.6. The van der Waals surface area contributed by atoms with Gasteiger partial charge in [-0.1, -0.05) is 76.3 Å². The number of phenols is 8. The predicted octanol–water partition coefficient (Wildman–Crippen LogP) is 7.58. The van der Waals surface area contributed by atoms with Crippen molar-refractivity contribution in [3.8, 4) is 46.0 Å². The number of carbonyl (C=O) groups excluding carboxylic acids is 4. The van der Waals surface area contributed by atoms with Crippen LogP contribution in [-0.4, -0.2) is 64.0 Å². The van der Waals surface area contributed by atoms with Gasteiger partial charge in [0.1, 0.15) is 0 Å². The fraction of sp³-hybridized carbons (Fsp3) is 0.143. The van der Waals surface area contributed by atoms with Gasteiger partial charge in [-0.05, 0) is 95.1 Å². The highest BCUT2D eigenvalue weighted by atomic mass is 16.3. The largest absolute Gasteiger partial charge is 0.504 e. The maximum Gasteiger partial charge on any atom is 0.163 e. The van der Waals surface area contributed by atoms with Crippen molar-refractivity contribution in [1.29, 1.82) is 0 Å². The molecule has 0 heterocycles. The number of carbonyl (C=O) groups is 4. The Labute approximate surface area is 312 Å². The topological polar surface area (TPSA) is 230 Å². The highest BCUT2D eigenvalue weighted by molar-refractivity contribution is 6.11. The third-order valence-electron chi connectivity index (χ3n) is 6.54. The quantitative estimate of drug-likeness (QED) is 0.0399. The highest BCUT2D eigenvalue weighted by Gasteiger charge is 2.07. The minimum atomic E-state index is -0.421. The molecule has 0 aliphatic rings. The predicted molar refractivity (Wildman–Crippen MR) is 207 cm³/mol. The molecular formula is C42H44O12. The molecule has 0 aliphatic carbocycles. The Bertz CT molecular complexity index is 1730. The average Bonchev–Trinajstić information content (AvgIpc) is 3.15. The number of rotatable bonds is 12. The summed E-state index contributed by atoms with van der Waals surface area (Å²) in [4.78, 5) is 47.0. The smallest absolute Gasteiger partial charge is 0.163 e. The minimum absolute atomic E-state index is 0.260. The van der Waals surface area contributed by atoms with E-state index in [0.717, 1.165) is 0 Å². The third-order valence-corrected chi connectivity index (χ3v) is 6.54. The van der Waals surface area contributed by atoms with Crippen molar-refractivity contribution in [1.82, 2.24) is 0 Å². The Morgan fingerprint density at radius 1 is 0.352 bits per heavy atom. The van der Waals surface area contributed by atoms with Crippen LogP contribution in [0.2, 0.25) is 0 Å². The van der Waals surface area contributed by atoms with Gasteiger partial charge in [0.2, 0.25) is 0 Å². The first-order valence-electron chi connectivity index (χ1n) is 16.6. The Morgan fingerprint density at radius 3 is 0.704 bits per heavy atom. The Hall–Kier alpha value is -7.08. The number of aromatic hydroxyl groups is 8. The van der Waals surface area contributed by atoms with Crippen LogP contribution in [0.15, 0.2) is 97.1 Å². The summed E-state index contributed by atoms with van der Waals surface area (Å²) in [6.45, 7) is 8.00.